The number of hydrogen-bond acceptors (Lipinski definition) is 7. The van der Waals surface area contributed by atoms with Crippen molar-refractivity contribution in [1.29, 1.82) is 0 Å². The van der Waals surface area contributed by atoms with Gasteiger partial charge in [0.15, 0.2) is 0 Å². The molecule has 1 saturated carbocycles. The molecule has 4 rings (SSSR count). The number of halogens is 9. The van der Waals surface area contributed by atoms with Gasteiger partial charge in [-0.25, -0.2) is 0 Å². The summed E-state index contributed by atoms with van der Waals surface area (Å²) in [4.78, 5) is 11.2. The van der Waals surface area contributed by atoms with Crippen molar-refractivity contribution in [1.82, 2.24) is 25.2 Å². The van der Waals surface area contributed by atoms with E-state index in [1.807, 2.05) is 0 Å². The maximum Gasteiger partial charge on any atom is 0.417 e. The minimum Gasteiger partial charge on any atom is -0.399 e. The largest absolute Gasteiger partial charge is 0.417 e. The Hall–Kier alpha value is -3.92. The first kappa shape index (κ1) is 32.0. The molecule has 2 heterocycles. The Kier molecular flexibility index (Phi) is 9.20. The standard InChI is InChI=1S/C26H26F9N7O/c1-41-38-23(37-40-41)42(13-15-8-18(24(27,28)29)11-19(9-15)25(30,31)32)14-17-10-20(26(33,34)35)12-36-21(17)22(39-43-2)16-6-4-3-5-7-16/h8-12,16H,3-7,13-14H2,1-2H3. The topological polar surface area (TPSA) is 81.3 Å². The number of tetrazole rings is 1. The molecule has 0 spiro atoms. The number of pyridine rings is 1. The van der Waals surface area contributed by atoms with Crippen LogP contribution < -0.4 is 4.90 Å². The fourth-order valence-electron chi connectivity index (χ4n) is 4.94. The smallest absolute Gasteiger partial charge is 0.399 e. The summed E-state index contributed by atoms with van der Waals surface area (Å²) in [6.45, 7) is -1.14. The quantitative estimate of drug-likeness (QED) is 0.156. The second-order valence-electron chi connectivity index (χ2n) is 10.1. The Bertz CT molecular complexity index is 1410. The van der Waals surface area contributed by atoms with E-state index in [2.05, 4.69) is 25.6 Å². The molecule has 17 heteroatoms. The molecule has 0 saturated heterocycles. The summed E-state index contributed by atoms with van der Waals surface area (Å²) in [6.07, 6.45) is -10.4. The zero-order chi connectivity index (χ0) is 31.6. The molecule has 0 N–H and O–H groups in total. The third kappa shape index (κ3) is 7.93. The average Bonchev–Trinajstić information content (AvgIpc) is 3.36. The number of rotatable bonds is 8. The molecule has 1 aromatic carbocycles. The normalized spacial score (nSPS) is 15.6. The number of aromatic nitrogens is 5. The lowest BCUT2D eigenvalue weighted by Gasteiger charge is -2.26. The Labute approximate surface area is 239 Å². The van der Waals surface area contributed by atoms with Crippen LogP contribution in [0.5, 0.6) is 0 Å². The van der Waals surface area contributed by atoms with Crippen LogP contribution in [-0.2, 0) is 43.5 Å². The van der Waals surface area contributed by atoms with E-state index in [1.54, 1.807) is 0 Å². The van der Waals surface area contributed by atoms with Gasteiger partial charge in [-0.2, -0.15) is 44.3 Å². The third-order valence-corrected chi connectivity index (χ3v) is 6.88. The van der Waals surface area contributed by atoms with Crippen LogP contribution >= 0.6 is 0 Å². The summed E-state index contributed by atoms with van der Waals surface area (Å²) in [5.41, 5.74) is -4.36. The SMILES string of the molecule is CON=C(c1ncc(C(F)(F)F)cc1CN(Cc1cc(C(F)(F)F)cc(C(F)(F)F)c1)c1nnn(C)n1)C1CCCCC1. The molecule has 1 fully saturated rings. The number of alkyl halides is 9. The monoisotopic (exact) mass is 623 g/mol. The second kappa shape index (κ2) is 12.4. The van der Waals surface area contributed by atoms with Crippen LogP contribution in [0.4, 0.5) is 45.5 Å². The second-order valence-corrected chi connectivity index (χ2v) is 10.1. The first-order valence-corrected chi connectivity index (χ1v) is 13.0. The van der Waals surface area contributed by atoms with Crippen molar-refractivity contribution in [3.8, 4) is 0 Å². The summed E-state index contributed by atoms with van der Waals surface area (Å²) < 4.78 is 123. The van der Waals surface area contributed by atoms with Crippen molar-refractivity contribution in [3.63, 3.8) is 0 Å². The van der Waals surface area contributed by atoms with Crippen molar-refractivity contribution in [2.24, 2.45) is 18.1 Å². The fraction of sp³-hybridized carbons (Fsp3) is 0.500. The Morgan fingerprint density at radius 1 is 0.884 bits per heavy atom. The van der Waals surface area contributed by atoms with E-state index in [9.17, 15) is 39.5 Å². The number of anilines is 1. The molecule has 0 atom stereocenters. The highest BCUT2D eigenvalue weighted by molar-refractivity contribution is 6.01. The maximum atomic E-state index is 13.8. The van der Waals surface area contributed by atoms with E-state index in [4.69, 9.17) is 4.84 Å². The molecule has 0 bridgehead atoms. The number of aryl methyl sites for hydroxylation is 1. The summed E-state index contributed by atoms with van der Waals surface area (Å²) in [5.74, 6) is -0.447. The van der Waals surface area contributed by atoms with E-state index >= 15 is 0 Å². The van der Waals surface area contributed by atoms with Gasteiger partial charge >= 0.3 is 18.5 Å². The van der Waals surface area contributed by atoms with Crippen molar-refractivity contribution in [2.45, 2.75) is 63.7 Å². The van der Waals surface area contributed by atoms with E-state index < -0.39 is 53.9 Å². The first-order valence-electron chi connectivity index (χ1n) is 13.0. The molecule has 2 aromatic heterocycles. The van der Waals surface area contributed by atoms with Crippen LogP contribution in [0.2, 0.25) is 0 Å². The van der Waals surface area contributed by atoms with Crippen LogP contribution in [-0.4, -0.2) is 38.0 Å². The number of benzene rings is 1. The van der Waals surface area contributed by atoms with Crippen molar-refractivity contribution < 1.29 is 44.4 Å². The number of oxime groups is 1. The lowest BCUT2D eigenvalue weighted by Crippen LogP contribution is -2.28. The maximum absolute atomic E-state index is 13.8. The fourth-order valence-corrected chi connectivity index (χ4v) is 4.94. The molecule has 0 radical (unpaired) electrons. The first-order chi connectivity index (χ1) is 20.1. The molecule has 0 aliphatic heterocycles. The molecule has 3 aromatic rings. The summed E-state index contributed by atoms with van der Waals surface area (Å²) in [5, 5.41) is 15.5. The van der Waals surface area contributed by atoms with Gasteiger partial charge in [-0.3, -0.25) is 4.98 Å². The highest BCUT2D eigenvalue weighted by atomic mass is 19.4. The molecule has 0 unspecified atom stereocenters. The summed E-state index contributed by atoms with van der Waals surface area (Å²) in [6, 6.07) is 1.86. The van der Waals surface area contributed by atoms with Gasteiger partial charge in [0.1, 0.15) is 12.8 Å². The molecule has 43 heavy (non-hydrogen) atoms. The van der Waals surface area contributed by atoms with Gasteiger partial charge in [0, 0.05) is 25.2 Å². The van der Waals surface area contributed by atoms with Gasteiger partial charge in [-0.05, 0) is 53.4 Å². The van der Waals surface area contributed by atoms with Crippen molar-refractivity contribution in [3.05, 3.63) is 64.0 Å². The van der Waals surface area contributed by atoms with Gasteiger partial charge in [-0.15, -0.1) is 5.10 Å². The lowest BCUT2D eigenvalue weighted by atomic mass is 9.83. The van der Waals surface area contributed by atoms with E-state index in [-0.39, 0.29) is 34.9 Å². The minimum atomic E-state index is -5.10. The Morgan fingerprint density at radius 3 is 2.00 bits per heavy atom. The van der Waals surface area contributed by atoms with Crippen LogP contribution in [0, 0.1) is 5.92 Å². The lowest BCUT2D eigenvalue weighted by molar-refractivity contribution is -0.143. The molecule has 1 aliphatic rings. The summed E-state index contributed by atoms with van der Waals surface area (Å²) >= 11 is 0. The van der Waals surface area contributed by atoms with Gasteiger partial charge in [0.05, 0.1) is 29.4 Å². The Balaban J connectivity index is 1.84. The predicted molar refractivity (Wildman–Crippen MR) is 134 cm³/mol. The van der Waals surface area contributed by atoms with Crippen molar-refractivity contribution >= 4 is 11.7 Å². The molecule has 234 valence electrons. The summed E-state index contributed by atoms with van der Waals surface area (Å²) in [7, 11) is 2.64. The molecule has 0 amide bonds. The zero-order valence-electron chi connectivity index (χ0n) is 22.9. The van der Waals surface area contributed by atoms with Gasteiger partial charge in [-0.1, -0.05) is 29.5 Å². The van der Waals surface area contributed by atoms with E-state index in [0.717, 1.165) is 35.0 Å². The highest BCUT2D eigenvalue weighted by Gasteiger charge is 2.38. The molecule has 8 nitrogen and oxygen atoms in total. The zero-order valence-corrected chi connectivity index (χ0v) is 22.9. The minimum absolute atomic E-state index is 0.0130. The van der Waals surface area contributed by atoms with Gasteiger partial charge in [0.2, 0.25) is 0 Å². The van der Waals surface area contributed by atoms with Crippen LogP contribution in [0.25, 0.3) is 0 Å². The van der Waals surface area contributed by atoms with E-state index in [0.29, 0.717) is 31.2 Å². The highest BCUT2D eigenvalue weighted by Crippen LogP contribution is 2.37. The number of nitrogens with zero attached hydrogens (tertiary/aromatic N) is 7. The third-order valence-electron chi connectivity index (χ3n) is 6.88. The van der Waals surface area contributed by atoms with Crippen LogP contribution in [0.15, 0.2) is 35.6 Å². The Morgan fingerprint density at radius 2 is 1.49 bits per heavy atom. The predicted octanol–water partition coefficient (Wildman–Crippen LogP) is 6.80. The van der Waals surface area contributed by atoms with Crippen LogP contribution in [0.1, 0.15) is 65.6 Å². The van der Waals surface area contributed by atoms with Crippen molar-refractivity contribution in [2.75, 3.05) is 12.0 Å². The molecular weight excluding hydrogens is 597 g/mol. The van der Waals surface area contributed by atoms with Gasteiger partial charge in [0.25, 0.3) is 5.95 Å². The van der Waals surface area contributed by atoms with Gasteiger partial charge < -0.3 is 9.74 Å². The molecular formula is C26H26F9N7O. The average molecular weight is 624 g/mol. The number of hydrogen-bond donors (Lipinski definition) is 0. The van der Waals surface area contributed by atoms with E-state index in [1.165, 1.54) is 14.2 Å². The molecule has 1 aliphatic carbocycles. The van der Waals surface area contributed by atoms with Crippen LogP contribution in [0.3, 0.4) is 0 Å².